The third-order valence-corrected chi connectivity index (χ3v) is 8.54. The molecule has 0 radical (unpaired) electrons. The van der Waals surface area contributed by atoms with Crippen LogP contribution < -0.4 is 4.90 Å². The zero-order valence-corrected chi connectivity index (χ0v) is 26.1. The predicted molar refractivity (Wildman–Crippen MR) is 179 cm³/mol. The Labute approximate surface area is 255 Å². The molecule has 224 valence electrons. The van der Waals surface area contributed by atoms with Crippen molar-refractivity contribution in [1.29, 1.82) is 0 Å². The lowest BCUT2D eigenvalue weighted by molar-refractivity contribution is 0.126. The lowest BCUT2D eigenvalue weighted by Gasteiger charge is -2.34. The van der Waals surface area contributed by atoms with Crippen LogP contribution in [-0.2, 0) is 17.9 Å². The van der Waals surface area contributed by atoms with E-state index < -0.39 is 0 Å². The van der Waals surface area contributed by atoms with Crippen LogP contribution in [0.4, 0.5) is 5.69 Å². The molecule has 3 aromatic carbocycles. The van der Waals surface area contributed by atoms with Gasteiger partial charge in [-0.15, -0.1) is 0 Å². The Balaban J connectivity index is 1.48. The van der Waals surface area contributed by atoms with E-state index in [0.29, 0.717) is 13.2 Å². The van der Waals surface area contributed by atoms with Gasteiger partial charge in [-0.2, -0.15) is 0 Å². The average molecular weight is 577 g/mol. The number of imidazole rings is 1. The fraction of sp³-hybridized carbons (Fsp3) is 0.389. The van der Waals surface area contributed by atoms with Crippen molar-refractivity contribution in [2.24, 2.45) is 0 Å². The number of fused-ring (bicyclic) bond motifs is 3. The minimum Gasteiger partial charge on any atom is -0.374 e. The monoisotopic (exact) mass is 576 g/mol. The molecule has 3 heterocycles. The van der Waals surface area contributed by atoms with Crippen LogP contribution in [-0.4, -0.2) is 84.8 Å². The Morgan fingerprint density at radius 3 is 2.28 bits per heavy atom. The van der Waals surface area contributed by atoms with Gasteiger partial charge < -0.3 is 24.0 Å². The smallest absolute Gasteiger partial charge is 0.136 e. The molecule has 0 saturated carbocycles. The quantitative estimate of drug-likeness (QED) is 0.166. The predicted octanol–water partition coefficient (Wildman–Crippen LogP) is 6.55. The Kier molecular flexibility index (Phi) is 9.03. The molecule has 7 nitrogen and oxygen atoms in total. The summed E-state index contributed by atoms with van der Waals surface area (Å²) in [4.78, 5) is 17.7. The molecule has 0 unspecified atom stereocenters. The molecule has 7 heteroatoms. The second-order valence-electron chi connectivity index (χ2n) is 11.9. The lowest BCUT2D eigenvalue weighted by Crippen LogP contribution is -2.44. The number of aryl methyl sites for hydroxylation is 1. The molecule has 1 aliphatic rings. The summed E-state index contributed by atoms with van der Waals surface area (Å²) in [5.41, 5.74) is 8.75. The average Bonchev–Trinajstić information content (AvgIpc) is 3.40. The minimum absolute atomic E-state index is 0.490. The summed E-state index contributed by atoms with van der Waals surface area (Å²) in [6, 6.07) is 26.2. The van der Waals surface area contributed by atoms with E-state index in [-0.39, 0.29) is 0 Å². The van der Waals surface area contributed by atoms with E-state index in [1.54, 1.807) is 0 Å². The number of nitrogens with zero attached hydrogens (tertiary/aromatic N) is 6. The Morgan fingerprint density at radius 2 is 1.56 bits per heavy atom. The first-order valence-corrected chi connectivity index (χ1v) is 15.7. The van der Waals surface area contributed by atoms with Crippen LogP contribution >= 0.6 is 0 Å². The number of unbranched alkanes of at least 4 members (excludes halogenated alkanes) is 1. The first-order valence-electron chi connectivity index (χ1n) is 15.7. The van der Waals surface area contributed by atoms with E-state index in [9.17, 15) is 0 Å². The van der Waals surface area contributed by atoms with Crippen molar-refractivity contribution in [1.82, 2.24) is 24.3 Å². The molecule has 2 aromatic heterocycles. The molecular weight excluding hydrogens is 532 g/mol. The van der Waals surface area contributed by atoms with Gasteiger partial charge in [-0.25, -0.2) is 9.97 Å². The van der Waals surface area contributed by atoms with Gasteiger partial charge in [-0.1, -0.05) is 54.6 Å². The number of pyridine rings is 1. The van der Waals surface area contributed by atoms with E-state index >= 15 is 0 Å². The third-order valence-electron chi connectivity index (χ3n) is 8.54. The lowest BCUT2D eigenvalue weighted by atomic mass is 10.0. The summed E-state index contributed by atoms with van der Waals surface area (Å²) in [6.45, 7) is 9.44. The highest BCUT2D eigenvalue weighted by Crippen LogP contribution is 2.36. The van der Waals surface area contributed by atoms with Gasteiger partial charge in [0.2, 0.25) is 0 Å². The SMILES string of the molecule is CCOCc1nc2c(-c3ccc(N4CCN(C)CC4)cc3)nc3cc(-c4ccccc4)ccc3c2n1CCCCN(C)C. The number of hydrogen-bond acceptors (Lipinski definition) is 6. The molecule has 1 aliphatic heterocycles. The summed E-state index contributed by atoms with van der Waals surface area (Å²) < 4.78 is 8.34. The Hall–Kier alpha value is -3.78. The third kappa shape index (κ3) is 6.44. The maximum atomic E-state index is 5.94. The fourth-order valence-corrected chi connectivity index (χ4v) is 6.08. The normalized spacial score (nSPS) is 14.4. The van der Waals surface area contributed by atoms with Gasteiger partial charge in [-0.05, 0) is 76.8 Å². The topological polar surface area (TPSA) is 49.7 Å². The molecule has 0 aliphatic carbocycles. The second-order valence-corrected chi connectivity index (χ2v) is 11.9. The fourth-order valence-electron chi connectivity index (χ4n) is 6.08. The summed E-state index contributed by atoms with van der Waals surface area (Å²) >= 11 is 0. The first kappa shape index (κ1) is 29.3. The van der Waals surface area contributed by atoms with Gasteiger partial charge in [0.05, 0.1) is 16.7 Å². The van der Waals surface area contributed by atoms with Gasteiger partial charge in [0.1, 0.15) is 17.9 Å². The van der Waals surface area contributed by atoms with Crippen LogP contribution in [0, 0.1) is 0 Å². The zero-order chi connectivity index (χ0) is 29.8. The summed E-state index contributed by atoms with van der Waals surface area (Å²) in [5, 5.41) is 1.13. The number of rotatable bonds is 11. The van der Waals surface area contributed by atoms with Gasteiger partial charge >= 0.3 is 0 Å². The molecule has 0 spiro atoms. The molecule has 43 heavy (non-hydrogen) atoms. The number of likely N-dealkylation sites (N-methyl/N-ethyl adjacent to an activating group) is 1. The minimum atomic E-state index is 0.490. The van der Waals surface area contributed by atoms with Crippen LogP contribution in [0.1, 0.15) is 25.6 Å². The highest BCUT2D eigenvalue weighted by atomic mass is 16.5. The van der Waals surface area contributed by atoms with E-state index in [4.69, 9.17) is 14.7 Å². The van der Waals surface area contributed by atoms with Gasteiger partial charge in [0.15, 0.2) is 0 Å². The largest absolute Gasteiger partial charge is 0.374 e. The summed E-state index contributed by atoms with van der Waals surface area (Å²) in [5.74, 6) is 0.971. The van der Waals surface area contributed by atoms with E-state index in [1.807, 2.05) is 6.92 Å². The molecule has 1 saturated heterocycles. The summed E-state index contributed by atoms with van der Waals surface area (Å²) in [6.07, 6.45) is 2.20. The maximum absolute atomic E-state index is 5.94. The molecule has 5 aromatic rings. The number of anilines is 1. The van der Waals surface area contributed by atoms with Gasteiger partial charge in [0, 0.05) is 56.0 Å². The Morgan fingerprint density at radius 1 is 0.814 bits per heavy atom. The first-order chi connectivity index (χ1) is 21.0. The molecule has 0 bridgehead atoms. The van der Waals surface area contributed by atoms with Crippen molar-refractivity contribution in [3.05, 3.63) is 78.6 Å². The molecule has 0 N–H and O–H groups in total. The van der Waals surface area contributed by atoms with Crippen LogP contribution in [0.25, 0.3) is 44.3 Å². The van der Waals surface area contributed by atoms with Crippen molar-refractivity contribution in [3.63, 3.8) is 0 Å². The van der Waals surface area contributed by atoms with Crippen LogP contribution in [0.5, 0.6) is 0 Å². The van der Waals surface area contributed by atoms with Crippen molar-refractivity contribution in [2.75, 3.05) is 65.4 Å². The molecule has 6 rings (SSSR count). The number of aromatic nitrogens is 3. The van der Waals surface area contributed by atoms with E-state index in [0.717, 1.165) is 91.1 Å². The number of benzene rings is 3. The standard InChI is InChI=1S/C36H44N6O/c1-5-43-26-33-38-35-34(28-13-16-30(17-14-28)41-23-21-40(4)22-24-41)37-32-25-29(27-11-7-6-8-12-27)15-18-31(32)36(35)42(33)20-10-9-19-39(2)3/h6-8,11-18,25H,5,9-10,19-24,26H2,1-4H3. The zero-order valence-electron chi connectivity index (χ0n) is 26.1. The van der Waals surface area contributed by atoms with Crippen LogP contribution in [0.2, 0.25) is 0 Å². The van der Waals surface area contributed by atoms with E-state index in [1.165, 1.54) is 16.8 Å². The number of ether oxygens (including phenoxy) is 1. The van der Waals surface area contributed by atoms with Crippen molar-refractivity contribution < 1.29 is 4.74 Å². The summed E-state index contributed by atoms with van der Waals surface area (Å²) in [7, 11) is 6.47. The van der Waals surface area contributed by atoms with Crippen molar-refractivity contribution in [3.8, 4) is 22.4 Å². The molecule has 0 amide bonds. The van der Waals surface area contributed by atoms with Crippen LogP contribution in [0.15, 0.2) is 72.8 Å². The highest BCUT2D eigenvalue weighted by molar-refractivity contribution is 6.08. The molecule has 0 atom stereocenters. The van der Waals surface area contributed by atoms with Crippen molar-refractivity contribution in [2.45, 2.75) is 32.9 Å². The molecule has 1 fully saturated rings. The van der Waals surface area contributed by atoms with E-state index in [2.05, 4.69) is 113 Å². The number of piperazine rings is 1. The van der Waals surface area contributed by atoms with Crippen molar-refractivity contribution >= 4 is 27.6 Å². The van der Waals surface area contributed by atoms with Crippen LogP contribution in [0.3, 0.4) is 0 Å². The van der Waals surface area contributed by atoms with Gasteiger partial charge in [-0.3, -0.25) is 0 Å². The van der Waals surface area contributed by atoms with Gasteiger partial charge in [0.25, 0.3) is 0 Å². The number of hydrogen-bond donors (Lipinski definition) is 0. The maximum Gasteiger partial charge on any atom is 0.136 e. The highest BCUT2D eigenvalue weighted by Gasteiger charge is 2.21. The second kappa shape index (κ2) is 13.2. The Bertz CT molecular complexity index is 1650. The molecular formula is C36H44N6O.